The molecule has 1 fully saturated rings. The number of carbonyl (C=O) groups is 2. The number of hydrogen-bond acceptors (Lipinski definition) is 3. The first-order chi connectivity index (χ1) is 8.97. The molecule has 1 aromatic rings. The molecule has 1 aliphatic carbocycles. The van der Waals surface area contributed by atoms with Gasteiger partial charge in [-0.25, -0.2) is 0 Å². The van der Waals surface area contributed by atoms with Crippen LogP contribution in [0.1, 0.15) is 29.6 Å². The van der Waals surface area contributed by atoms with Gasteiger partial charge < -0.3 is 15.0 Å². The van der Waals surface area contributed by atoms with Crippen molar-refractivity contribution in [2.24, 2.45) is 13.0 Å². The van der Waals surface area contributed by atoms with Gasteiger partial charge in [0.2, 0.25) is 5.56 Å². The maximum atomic E-state index is 12.0. The minimum absolute atomic E-state index is 0.106. The van der Waals surface area contributed by atoms with Crippen molar-refractivity contribution in [2.75, 3.05) is 0 Å². The third kappa shape index (κ3) is 3.01. The fourth-order valence-corrected chi connectivity index (χ4v) is 2.33. The van der Waals surface area contributed by atoms with Crippen LogP contribution in [0.25, 0.3) is 0 Å². The zero-order chi connectivity index (χ0) is 14.0. The van der Waals surface area contributed by atoms with Crippen LogP contribution in [0.15, 0.2) is 23.1 Å². The maximum absolute atomic E-state index is 12.0. The van der Waals surface area contributed by atoms with Gasteiger partial charge in [-0.15, -0.1) is 0 Å². The number of rotatable bonds is 3. The van der Waals surface area contributed by atoms with E-state index in [2.05, 4.69) is 5.32 Å². The highest BCUT2D eigenvalue weighted by Crippen LogP contribution is 2.25. The van der Waals surface area contributed by atoms with Crippen LogP contribution < -0.4 is 10.9 Å². The number of nitrogens with zero attached hydrogens (tertiary/aromatic N) is 1. The van der Waals surface area contributed by atoms with Gasteiger partial charge >= 0.3 is 5.97 Å². The standard InChI is InChI=1S/C13H16N2O4/c1-15-7-9(3-5-11(15)16)12(17)14-10-4-2-8(6-10)13(18)19/h3,5,7-8,10H,2,4,6H2,1H3,(H,14,17)(H,18,19)/t8-,10+/m0/s1. The van der Waals surface area contributed by atoms with E-state index in [9.17, 15) is 14.4 Å². The van der Waals surface area contributed by atoms with Gasteiger partial charge in [0.1, 0.15) is 0 Å². The molecule has 1 aromatic heterocycles. The van der Waals surface area contributed by atoms with Crippen LogP contribution >= 0.6 is 0 Å². The molecular formula is C13H16N2O4. The van der Waals surface area contributed by atoms with Crippen molar-refractivity contribution in [1.82, 2.24) is 9.88 Å². The Kier molecular flexibility index (Phi) is 3.69. The van der Waals surface area contributed by atoms with Gasteiger partial charge in [-0.3, -0.25) is 14.4 Å². The number of carboxylic acid groups (broad SMARTS) is 1. The molecule has 2 atom stereocenters. The van der Waals surface area contributed by atoms with Crippen LogP contribution in [0.2, 0.25) is 0 Å². The van der Waals surface area contributed by atoms with E-state index in [1.807, 2.05) is 0 Å². The van der Waals surface area contributed by atoms with Crippen molar-refractivity contribution >= 4 is 11.9 Å². The summed E-state index contributed by atoms with van der Waals surface area (Å²) in [5.41, 5.74) is 0.226. The molecule has 19 heavy (non-hydrogen) atoms. The number of aliphatic carboxylic acids is 1. The molecule has 1 amide bonds. The van der Waals surface area contributed by atoms with Gasteiger partial charge in [-0.1, -0.05) is 0 Å². The third-order valence-electron chi connectivity index (χ3n) is 3.47. The van der Waals surface area contributed by atoms with E-state index >= 15 is 0 Å². The number of pyridine rings is 1. The van der Waals surface area contributed by atoms with E-state index in [0.29, 0.717) is 24.8 Å². The van der Waals surface area contributed by atoms with Crippen LogP contribution in [-0.2, 0) is 11.8 Å². The Labute approximate surface area is 110 Å². The lowest BCUT2D eigenvalue weighted by Gasteiger charge is -2.12. The summed E-state index contributed by atoms with van der Waals surface area (Å²) < 4.78 is 1.34. The Morgan fingerprint density at radius 2 is 2.11 bits per heavy atom. The summed E-state index contributed by atoms with van der Waals surface area (Å²) in [6, 6.07) is 2.70. The highest BCUT2D eigenvalue weighted by Gasteiger charge is 2.30. The zero-order valence-electron chi connectivity index (χ0n) is 10.6. The predicted molar refractivity (Wildman–Crippen MR) is 67.9 cm³/mol. The lowest BCUT2D eigenvalue weighted by molar-refractivity contribution is -0.141. The molecule has 1 saturated carbocycles. The van der Waals surface area contributed by atoms with Crippen LogP contribution in [-0.4, -0.2) is 27.6 Å². The van der Waals surface area contributed by atoms with E-state index in [1.165, 1.54) is 22.9 Å². The number of carbonyl (C=O) groups excluding carboxylic acids is 1. The van der Waals surface area contributed by atoms with Crippen molar-refractivity contribution in [1.29, 1.82) is 0 Å². The van der Waals surface area contributed by atoms with E-state index in [1.54, 1.807) is 7.05 Å². The quantitative estimate of drug-likeness (QED) is 0.825. The molecule has 0 bridgehead atoms. The number of nitrogens with one attached hydrogen (secondary N) is 1. The monoisotopic (exact) mass is 264 g/mol. The Morgan fingerprint density at radius 3 is 2.68 bits per heavy atom. The van der Waals surface area contributed by atoms with Crippen molar-refractivity contribution in [3.63, 3.8) is 0 Å². The average Bonchev–Trinajstić information content (AvgIpc) is 2.81. The molecule has 0 spiro atoms. The van der Waals surface area contributed by atoms with Crippen molar-refractivity contribution in [3.8, 4) is 0 Å². The van der Waals surface area contributed by atoms with Crippen molar-refractivity contribution in [2.45, 2.75) is 25.3 Å². The van der Waals surface area contributed by atoms with Crippen LogP contribution in [0.4, 0.5) is 0 Å². The molecule has 0 aromatic carbocycles. The smallest absolute Gasteiger partial charge is 0.306 e. The topological polar surface area (TPSA) is 88.4 Å². The van der Waals surface area contributed by atoms with Gasteiger partial charge in [-0.05, 0) is 25.3 Å². The Bertz CT molecular complexity index is 564. The molecule has 102 valence electrons. The molecule has 2 N–H and O–H groups in total. The van der Waals surface area contributed by atoms with Crippen LogP contribution in [0.5, 0.6) is 0 Å². The van der Waals surface area contributed by atoms with Gasteiger partial charge in [-0.2, -0.15) is 0 Å². The first kappa shape index (κ1) is 13.3. The Hall–Kier alpha value is -2.11. The molecule has 0 unspecified atom stereocenters. The van der Waals surface area contributed by atoms with Crippen LogP contribution in [0.3, 0.4) is 0 Å². The summed E-state index contributed by atoms with van der Waals surface area (Å²) in [6.07, 6.45) is 3.20. The fourth-order valence-electron chi connectivity index (χ4n) is 2.33. The first-order valence-electron chi connectivity index (χ1n) is 6.17. The molecule has 0 radical (unpaired) electrons. The maximum Gasteiger partial charge on any atom is 0.306 e. The van der Waals surface area contributed by atoms with Gasteiger partial charge in [0.05, 0.1) is 11.5 Å². The number of hydrogen-bond donors (Lipinski definition) is 2. The summed E-state index contributed by atoms with van der Waals surface area (Å²) in [4.78, 5) is 34.0. The van der Waals surface area contributed by atoms with Crippen LogP contribution in [0, 0.1) is 5.92 Å². The average molecular weight is 264 g/mol. The van der Waals surface area contributed by atoms with Crippen molar-refractivity contribution in [3.05, 3.63) is 34.2 Å². The predicted octanol–water partition coefficient (Wildman–Crippen LogP) is 0.368. The Balaban J connectivity index is 2.00. The first-order valence-corrected chi connectivity index (χ1v) is 6.17. The van der Waals surface area contributed by atoms with Gasteiger partial charge in [0.15, 0.2) is 0 Å². The summed E-state index contributed by atoms with van der Waals surface area (Å²) in [5, 5.41) is 11.7. The minimum atomic E-state index is -0.807. The molecule has 1 aliphatic rings. The lowest BCUT2D eigenvalue weighted by atomic mass is 10.1. The summed E-state index contributed by atoms with van der Waals surface area (Å²) in [6.45, 7) is 0. The number of amides is 1. The van der Waals surface area contributed by atoms with E-state index in [0.717, 1.165) is 0 Å². The third-order valence-corrected chi connectivity index (χ3v) is 3.47. The fraction of sp³-hybridized carbons (Fsp3) is 0.462. The summed E-state index contributed by atoms with van der Waals surface area (Å²) >= 11 is 0. The van der Waals surface area contributed by atoms with Crippen molar-refractivity contribution < 1.29 is 14.7 Å². The highest BCUT2D eigenvalue weighted by molar-refractivity contribution is 5.94. The Morgan fingerprint density at radius 1 is 1.37 bits per heavy atom. The second-order valence-corrected chi connectivity index (χ2v) is 4.89. The van der Waals surface area contributed by atoms with Gasteiger partial charge in [0, 0.05) is 25.4 Å². The second kappa shape index (κ2) is 5.26. The molecule has 1 heterocycles. The molecule has 6 heteroatoms. The molecule has 6 nitrogen and oxygen atoms in total. The summed E-state index contributed by atoms with van der Waals surface area (Å²) in [5.74, 6) is -1.45. The van der Waals surface area contributed by atoms with E-state index in [-0.39, 0.29) is 23.4 Å². The van der Waals surface area contributed by atoms with Gasteiger partial charge in [0.25, 0.3) is 5.91 Å². The number of aryl methyl sites for hydroxylation is 1. The summed E-state index contributed by atoms with van der Waals surface area (Å²) in [7, 11) is 1.58. The number of aromatic nitrogens is 1. The molecule has 0 saturated heterocycles. The lowest BCUT2D eigenvalue weighted by Crippen LogP contribution is -2.34. The number of carboxylic acids is 1. The second-order valence-electron chi connectivity index (χ2n) is 4.89. The van der Waals surface area contributed by atoms with E-state index in [4.69, 9.17) is 5.11 Å². The molecule has 0 aliphatic heterocycles. The SMILES string of the molecule is Cn1cc(C(=O)N[C@@H]2CC[C@H](C(=O)O)C2)ccc1=O. The zero-order valence-corrected chi connectivity index (χ0v) is 10.6. The van der Waals surface area contributed by atoms with E-state index < -0.39 is 5.97 Å². The molecule has 2 rings (SSSR count). The highest BCUT2D eigenvalue weighted by atomic mass is 16.4. The minimum Gasteiger partial charge on any atom is -0.481 e. The largest absolute Gasteiger partial charge is 0.481 e. The normalized spacial score (nSPS) is 22.2. The molecular weight excluding hydrogens is 248 g/mol.